The fraction of sp³-hybridized carbons (Fsp3) is 0.667. The molecule has 0 heterocycles. The van der Waals surface area contributed by atoms with Gasteiger partial charge in [-0.15, -0.1) is 0 Å². The normalized spacial score (nSPS) is 16.1. The first-order valence-electron chi connectivity index (χ1n) is 7.99. The summed E-state index contributed by atoms with van der Waals surface area (Å²) in [6.07, 6.45) is 6.17. The highest BCUT2D eigenvalue weighted by Gasteiger charge is 2.17. The first-order valence-corrected chi connectivity index (χ1v) is 7.99. The summed E-state index contributed by atoms with van der Waals surface area (Å²) in [6.45, 7) is 9.03. The maximum Gasteiger partial charge on any atom is 0.0323 e. The monoisotopic (exact) mass is 261 g/mol. The SMILES string of the molecule is CCCCC(CC)C(N)c1ccc(C(C)CC)cc1. The predicted octanol–water partition coefficient (Wildman–Crippen LogP) is 5.42. The Morgan fingerprint density at radius 1 is 0.947 bits per heavy atom. The highest BCUT2D eigenvalue weighted by atomic mass is 14.6. The Kier molecular flexibility index (Phi) is 7.15. The Morgan fingerprint density at radius 2 is 1.53 bits per heavy atom. The lowest BCUT2D eigenvalue weighted by atomic mass is 9.86. The quantitative estimate of drug-likeness (QED) is 0.664. The van der Waals surface area contributed by atoms with Gasteiger partial charge in [-0.3, -0.25) is 0 Å². The average Bonchev–Trinajstić information content (AvgIpc) is 2.47. The molecule has 0 aliphatic heterocycles. The predicted molar refractivity (Wildman–Crippen MR) is 85.4 cm³/mol. The van der Waals surface area contributed by atoms with E-state index in [-0.39, 0.29) is 6.04 Å². The van der Waals surface area contributed by atoms with Crippen LogP contribution in [0.1, 0.15) is 82.9 Å². The Labute approximate surface area is 119 Å². The molecule has 0 fully saturated rings. The molecule has 0 saturated carbocycles. The van der Waals surface area contributed by atoms with Gasteiger partial charge in [0.25, 0.3) is 0 Å². The van der Waals surface area contributed by atoms with E-state index >= 15 is 0 Å². The smallest absolute Gasteiger partial charge is 0.0323 e. The lowest BCUT2D eigenvalue weighted by molar-refractivity contribution is 0.378. The molecule has 1 heteroatoms. The van der Waals surface area contributed by atoms with Crippen LogP contribution in [0.25, 0.3) is 0 Å². The molecule has 19 heavy (non-hydrogen) atoms. The molecule has 1 aromatic carbocycles. The van der Waals surface area contributed by atoms with Crippen LogP contribution in [-0.2, 0) is 0 Å². The van der Waals surface area contributed by atoms with E-state index in [4.69, 9.17) is 5.73 Å². The van der Waals surface area contributed by atoms with E-state index in [0.29, 0.717) is 11.8 Å². The fourth-order valence-electron chi connectivity index (χ4n) is 2.66. The lowest BCUT2D eigenvalue weighted by Gasteiger charge is -2.23. The van der Waals surface area contributed by atoms with Crippen LogP contribution in [-0.4, -0.2) is 0 Å². The van der Waals surface area contributed by atoms with Crippen molar-refractivity contribution < 1.29 is 0 Å². The van der Waals surface area contributed by atoms with Gasteiger partial charge in [-0.2, -0.15) is 0 Å². The van der Waals surface area contributed by atoms with Gasteiger partial charge in [0.2, 0.25) is 0 Å². The van der Waals surface area contributed by atoms with Gasteiger partial charge in [0.05, 0.1) is 0 Å². The van der Waals surface area contributed by atoms with E-state index in [1.807, 2.05) is 0 Å². The molecule has 0 amide bonds. The number of benzene rings is 1. The summed E-state index contributed by atoms with van der Waals surface area (Å²) in [5, 5.41) is 0. The number of rotatable bonds is 8. The number of nitrogens with two attached hydrogens (primary N) is 1. The molecule has 1 rings (SSSR count). The molecular formula is C18H31N. The first-order chi connectivity index (χ1) is 9.13. The third-order valence-electron chi connectivity index (χ3n) is 4.46. The van der Waals surface area contributed by atoms with Gasteiger partial charge in [-0.25, -0.2) is 0 Å². The van der Waals surface area contributed by atoms with Crippen LogP contribution in [0.3, 0.4) is 0 Å². The summed E-state index contributed by atoms with van der Waals surface area (Å²) >= 11 is 0. The Hall–Kier alpha value is -0.820. The minimum atomic E-state index is 0.197. The van der Waals surface area contributed by atoms with Crippen LogP contribution in [0.15, 0.2) is 24.3 Å². The minimum Gasteiger partial charge on any atom is -0.324 e. The summed E-state index contributed by atoms with van der Waals surface area (Å²) in [4.78, 5) is 0. The van der Waals surface area contributed by atoms with Crippen molar-refractivity contribution in [2.45, 2.75) is 71.8 Å². The number of hydrogen-bond donors (Lipinski definition) is 1. The van der Waals surface area contributed by atoms with Gasteiger partial charge in [0, 0.05) is 6.04 Å². The molecule has 0 spiro atoms. The summed E-state index contributed by atoms with van der Waals surface area (Å²) in [5.41, 5.74) is 9.18. The molecule has 0 bridgehead atoms. The van der Waals surface area contributed by atoms with Crippen molar-refractivity contribution in [1.82, 2.24) is 0 Å². The standard InChI is InChI=1S/C18H31N/c1-5-8-9-15(7-3)18(19)17-12-10-16(11-13-17)14(4)6-2/h10-15,18H,5-9,19H2,1-4H3. The second kappa shape index (κ2) is 8.37. The van der Waals surface area contributed by atoms with Gasteiger partial charge >= 0.3 is 0 Å². The fourth-order valence-corrected chi connectivity index (χ4v) is 2.66. The highest BCUT2D eigenvalue weighted by molar-refractivity contribution is 5.27. The Bertz CT molecular complexity index is 341. The minimum absolute atomic E-state index is 0.197. The molecule has 0 saturated heterocycles. The van der Waals surface area contributed by atoms with Crippen molar-refractivity contribution in [2.75, 3.05) is 0 Å². The third-order valence-corrected chi connectivity index (χ3v) is 4.46. The second-order valence-corrected chi connectivity index (χ2v) is 5.81. The molecule has 108 valence electrons. The zero-order valence-corrected chi connectivity index (χ0v) is 13.2. The van der Waals surface area contributed by atoms with Gasteiger partial charge in [-0.05, 0) is 35.8 Å². The van der Waals surface area contributed by atoms with Crippen molar-refractivity contribution >= 4 is 0 Å². The Morgan fingerprint density at radius 3 is 2.00 bits per heavy atom. The highest BCUT2D eigenvalue weighted by Crippen LogP contribution is 2.28. The van der Waals surface area contributed by atoms with E-state index in [9.17, 15) is 0 Å². The van der Waals surface area contributed by atoms with E-state index in [0.717, 1.165) is 0 Å². The lowest BCUT2D eigenvalue weighted by Crippen LogP contribution is -2.21. The van der Waals surface area contributed by atoms with Crippen LogP contribution < -0.4 is 5.73 Å². The van der Waals surface area contributed by atoms with Gasteiger partial charge < -0.3 is 5.73 Å². The van der Waals surface area contributed by atoms with Crippen molar-refractivity contribution in [3.8, 4) is 0 Å². The van der Waals surface area contributed by atoms with Crippen LogP contribution in [0.2, 0.25) is 0 Å². The zero-order chi connectivity index (χ0) is 14.3. The summed E-state index contributed by atoms with van der Waals surface area (Å²) < 4.78 is 0. The molecule has 2 N–H and O–H groups in total. The van der Waals surface area contributed by atoms with Crippen LogP contribution in [0, 0.1) is 5.92 Å². The topological polar surface area (TPSA) is 26.0 Å². The molecule has 3 unspecified atom stereocenters. The largest absolute Gasteiger partial charge is 0.324 e. The molecule has 1 aromatic rings. The molecule has 0 radical (unpaired) electrons. The second-order valence-electron chi connectivity index (χ2n) is 5.81. The van der Waals surface area contributed by atoms with Gasteiger partial charge in [0.1, 0.15) is 0 Å². The summed E-state index contributed by atoms with van der Waals surface area (Å²) in [7, 11) is 0. The van der Waals surface area contributed by atoms with E-state index in [2.05, 4.69) is 52.0 Å². The summed E-state index contributed by atoms with van der Waals surface area (Å²) in [6, 6.07) is 9.19. The Balaban J connectivity index is 2.72. The van der Waals surface area contributed by atoms with Crippen molar-refractivity contribution in [3.05, 3.63) is 35.4 Å². The molecule has 0 aliphatic rings. The third kappa shape index (κ3) is 4.65. The zero-order valence-electron chi connectivity index (χ0n) is 13.2. The van der Waals surface area contributed by atoms with Crippen LogP contribution >= 0.6 is 0 Å². The van der Waals surface area contributed by atoms with Gasteiger partial charge in [0.15, 0.2) is 0 Å². The molecule has 0 aromatic heterocycles. The van der Waals surface area contributed by atoms with E-state index in [1.165, 1.54) is 43.2 Å². The van der Waals surface area contributed by atoms with Crippen LogP contribution in [0.5, 0.6) is 0 Å². The molecule has 1 nitrogen and oxygen atoms in total. The summed E-state index contributed by atoms with van der Waals surface area (Å²) in [5.74, 6) is 1.27. The molecule has 3 atom stereocenters. The van der Waals surface area contributed by atoms with Gasteiger partial charge in [-0.1, -0.05) is 71.2 Å². The molecule has 0 aliphatic carbocycles. The van der Waals surface area contributed by atoms with E-state index in [1.54, 1.807) is 0 Å². The number of unbranched alkanes of at least 4 members (excludes halogenated alkanes) is 1. The maximum absolute atomic E-state index is 6.45. The van der Waals surface area contributed by atoms with Crippen LogP contribution in [0.4, 0.5) is 0 Å². The first kappa shape index (κ1) is 16.2. The van der Waals surface area contributed by atoms with E-state index < -0.39 is 0 Å². The number of hydrogen-bond acceptors (Lipinski definition) is 1. The van der Waals surface area contributed by atoms with Crippen molar-refractivity contribution in [3.63, 3.8) is 0 Å². The maximum atomic E-state index is 6.45. The van der Waals surface area contributed by atoms with Crippen molar-refractivity contribution in [2.24, 2.45) is 11.7 Å². The molecular weight excluding hydrogens is 230 g/mol. The van der Waals surface area contributed by atoms with Crippen molar-refractivity contribution in [1.29, 1.82) is 0 Å². The average molecular weight is 261 g/mol.